The number of aromatic nitrogens is 1. The van der Waals surface area contributed by atoms with Crippen LogP contribution in [0.25, 0.3) is 0 Å². The Morgan fingerprint density at radius 2 is 1.75 bits per heavy atom. The third kappa shape index (κ3) is 3.25. The Hall–Kier alpha value is -2.57. The van der Waals surface area contributed by atoms with Crippen LogP contribution in [0, 0.1) is 0 Å². The summed E-state index contributed by atoms with van der Waals surface area (Å²) >= 11 is 0. The van der Waals surface area contributed by atoms with Crippen LogP contribution in [0.1, 0.15) is 15.9 Å². The molecule has 0 saturated carbocycles. The summed E-state index contributed by atoms with van der Waals surface area (Å²) in [4.78, 5) is 14.4. The van der Waals surface area contributed by atoms with Crippen molar-refractivity contribution in [1.29, 1.82) is 0 Å². The quantitative estimate of drug-likeness (QED) is 0.935. The molecule has 2 aromatic rings. The van der Waals surface area contributed by atoms with Crippen molar-refractivity contribution in [3.8, 4) is 11.6 Å². The van der Waals surface area contributed by atoms with E-state index in [1.807, 2.05) is 0 Å². The average Bonchev–Trinajstić information content (AvgIpc) is 2.39. The molecule has 1 heterocycles. The molecule has 0 amide bonds. The number of nitrogens with zero attached hydrogens (tertiary/aromatic N) is 1. The van der Waals surface area contributed by atoms with Crippen molar-refractivity contribution in [2.75, 3.05) is 0 Å². The Labute approximate surface area is 111 Å². The van der Waals surface area contributed by atoms with E-state index in [1.165, 1.54) is 12.1 Å². The Morgan fingerprint density at radius 3 is 2.20 bits per heavy atom. The number of hydrogen-bond donors (Lipinski definition) is 1. The van der Waals surface area contributed by atoms with Crippen LogP contribution in [-0.2, 0) is 6.18 Å². The van der Waals surface area contributed by atoms with E-state index in [4.69, 9.17) is 9.84 Å². The first kappa shape index (κ1) is 13.9. The minimum atomic E-state index is -4.40. The number of halogens is 3. The fourth-order valence-corrected chi connectivity index (χ4v) is 1.40. The number of pyridine rings is 1. The van der Waals surface area contributed by atoms with Gasteiger partial charge >= 0.3 is 12.1 Å². The molecule has 0 aliphatic carbocycles. The van der Waals surface area contributed by atoms with Crippen LogP contribution in [0.4, 0.5) is 13.2 Å². The minimum absolute atomic E-state index is 0.00947. The first-order chi connectivity index (χ1) is 9.36. The molecule has 0 bridgehead atoms. The van der Waals surface area contributed by atoms with Crippen molar-refractivity contribution in [3.63, 3.8) is 0 Å². The van der Waals surface area contributed by atoms with Gasteiger partial charge in [-0.05, 0) is 30.3 Å². The van der Waals surface area contributed by atoms with E-state index < -0.39 is 17.7 Å². The monoisotopic (exact) mass is 283 g/mol. The van der Waals surface area contributed by atoms with Crippen LogP contribution in [0.15, 0.2) is 42.6 Å². The standard InChI is InChI=1S/C13H8F3NO3/c14-13(15,16)9-2-4-10(5-3-9)20-11-6-1-8(7-17-11)12(18)19/h1-7H,(H,18,19). The predicted octanol–water partition coefficient (Wildman–Crippen LogP) is 3.59. The van der Waals surface area contributed by atoms with Crippen molar-refractivity contribution in [1.82, 2.24) is 4.98 Å². The molecule has 0 atom stereocenters. The zero-order valence-electron chi connectivity index (χ0n) is 9.89. The predicted molar refractivity (Wildman–Crippen MR) is 62.7 cm³/mol. The molecule has 0 unspecified atom stereocenters. The summed E-state index contributed by atoms with van der Waals surface area (Å²) in [5.74, 6) is -0.859. The number of carboxylic acids is 1. The maximum atomic E-state index is 12.4. The number of alkyl halides is 3. The Bertz CT molecular complexity index is 606. The minimum Gasteiger partial charge on any atom is -0.478 e. The molecule has 2 rings (SSSR count). The van der Waals surface area contributed by atoms with Crippen LogP contribution in [0.5, 0.6) is 11.6 Å². The molecule has 1 aromatic carbocycles. The molecular formula is C13H8F3NO3. The lowest BCUT2D eigenvalue weighted by atomic mass is 10.2. The van der Waals surface area contributed by atoms with Gasteiger partial charge in [-0.15, -0.1) is 0 Å². The van der Waals surface area contributed by atoms with Crippen molar-refractivity contribution in [3.05, 3.63) is 53.7 Å². The molecule has 104 valence electrons. The van der Waals surface area contributed by atoms with Gasteiger partial charge in [-0.25, -0.2) is 9.78 Å². The van der Waals surface area contributed by atoms with Gasteiger partial charge in [0.05, 0.1) is 11.1 Å². The largest absolute Gasteiger partial charge is 0.478 e. The van der Waals surface area contributed by atoms with Crippen molar-refractivity contribution in [2.45, 2.75) is 6.18 Å². The second-order valence-corrected chi connectivity index (χ2v) is 3.81. The molecule has 0 spiro atoms. The van der Waals surface area contributed by atoms with Gasteiger partial charge in [-0.2, -0.15) is 13.2 Å². The highest BCUT2D eigenvalue weighted by Crippen LogP contribution is 2.31. The molecule has 0 aliphatic rings. The molecule has 0 aliphatic heterocycles. The van der Waals surface area contributed by atoms with E-state index in [0.717, 1.165) is 30.5 Å². The van der Waals surface area contributed by atoms with Crippen LogP contribution in [-0.4, -0.2) is 16.1 Å². The second kappa shape index (κ2) is 5.20. The summed E-state index contributed by atoms with van der Waals surface area (Å²) < 4.78 is 42.3. The summed E-state index contributed by atoms with van der Waals surface area (Å²) in [6.45, 7) is 0. The molecule has 0 fully saturated rings. The van der Waals surface area contributed by atoms with Gasteiger partial charge in [-0.1, -0.05) is 0 Å². The number of hydrogen-bond acceptors (Lipinski definition) is 3. The lowest BCUT2D eigenvalue weighted by Gasteiger charge is -2.08. The second-order valence-electron chi connectivity index (χ2n) is 3.81. The van der Waals surface area contributed by atoms with Gasteiger partial charge in [0.25, 0.3) is 0 Å². The van der Waals surface area contributed by atoms with Gasteiger partial charge < -0.3 is 9.84 Å². The molecule has 1 aromatic heterocycles. The molecule has 20 heavy (non-hydrogen) atoms. The molecule has 4 nitrogen and oxygen atoms in total. The molecule has 7 heteroatoms. The lowest BCUT2D eigenvalue weighted by molar-refractivity contribution is -0.137. The van der Waals surface area contributed by atoms with Crippen LogP contribution < -0.4 is 4.74 Å². The first-order valence-electron chi connectivity index (χ1n) is 5.41. The third-order valence-electron chi connectivity index (χ3n) is 2.39. The van der Waals surface area contributed by atoms with Crippen molar-refractivity contribution in [2.24, 2.45) is 0 Å². The summed E-state index contributed by atoms with van der Waals surface area (Å²) in [5.41, 5.74) is -0.788. The zero-order valence-corrected chi connectivity index (χ0v) is 9.89. The van der Waals surface area contributed by atoms with Gasteiger partial charge in [0.15, 0.2) is 0 Å². The smallest absolute Gasteiger partial charge is 0.416 e. The Morgan fingerprint density at radius 1 is 1.10 bits per heavy atom. The van der Waals surface area contributed by atoms with Gasteiger partial charge in [-0.3, -0.25) is 0 Å². The number of ether oxygens (including phenoxy) is 1. The maximum absolute atomic E-state index is 12.4. The summed E-state index contributed by atoms with van der Waals surface area (Å²) in [7, 11) is 0. The SMILES string of the molecule is O=C(O)c1ccc(Oc2ccc(C(F)(F)F)cc2)nc1. The number of carbonyl (C=O) groups is 1. The number of carboxylic acid groups (broad SMARTS) is 1. The van der Waals surface area contributed by atoms with Crippen molar-refractivity contribution < 1.29 is 27.8 Å². The third-order valence-corrected chi connectivity index (χ3v) is 2.39. The Balaban J connectivity index is 2.12. The maximum Gasteiger partial charge on any atom is 0.416 e. The van der Waals surface area contributed by atoms with Gasteiger partial charge in [0, 0.05) is 12.3 Å². The van der Waals surface area contributed by atoms with E-state index >= 15 is 0 Å². The van der Waals surface area contributed by atoms with E-state index in [2.05, 4.69) is 4.98 Å². The molecular weight excluding hydrogens is 275 g/mol. The van der Waals surface area contributed by atoms with Gasteiger partial charge in [0.1, 0.15) is 5.75 Å². The first-order valence-corrected chi connectivity index (χ1v) is 5.41. The van der Waals surface area contributed by atoms with E-state index in [-0.39, 0.29) is 17.2 Å². The van der Waals surface area contributed by atoms with Crippen LogP contribution in [0.3, 0.4) is 0 Å². The number of aromatic carboxylic acids is 1. The van der Waals surface area contributed by atoms with Gasteiger partial charge in [0.2, 0.25) is 5.88 Å². The van der Waals surface area contributed by atoms with E-state index in [1.54, 1.807) is 0 Å². The topological polar surface area (TPSA) is 59.4 Å². The average molecular weight is 283 g/mol. The molecule has 0 saturated heterocycles. The summed E-state index contributed by atoms with van der Waals surface area (Å²) in [6.07, 6.45) is -3.30. The zero-order chi connectivity index (χ0) is 14.8. The van der Waals surface area contributed by atoms with E-state index in [0.29, 0.717) is 0 Å². The van der Waals surface area contributed by atoms with Crippen LogP contribution >= 0.6 is 0 Å². The summed E-state index contributed by atoms with van der Waals surface area (Å²) in [5, 5.41) is 8.68. The highest BCUT2D eigenvalue weighted by atomic mass is 19.4. The number of benzene rings is 1. The summed E-state index contributed by atoms with van der Waals surface area (Å²) in [6, 6.07) is 6.71. The fraction of sp³-hybridized carbons (Fsp3) is 0.0769. The fourth-order valence-electron chi connectivity index (χ4n) is 1.40. The van der Waals surface area contributed by atoms with Crippen molar-refractivity contribution >= 4 is 5.97 Å². The molecule has 0 radical (unpaired) electrons. The van der Waals surface area contributed by atoms with E-state index in [9.17, 15) is 18.0 Å². The lowest BCUT2D eigenvalue weighted by Crippen LogP contribution is -2.04. The molecule has 1 N–H and O–H groups in total. The van der Waals surface area contributed by atoms with Crippen LogP contribution in [0.2, 0.25) is 0 Å². The normalized spacial score (nSPS) is 11.2. The number of rotatable bonds is 3. The Kier molecular flexibility index (Phi) is 3.60. The highest BCUT2D eigenvalue weighted by Gasteiger charge is 2.30. The highest BCUT2D eigenvalue weighted by molar-refractivity contribution is 5.87.